The second-order valence-electron chi connectivity index (χ2n) is 5.51. The van der Waals surface area contributed by atoms with Gasteiger partial charge in [-0.3, -0.25) is 4.79 Å². The van der Waals surface area contributed by atoms with E-state index in [1.807, 2.05) is 15.7 Å². The van der Waals surface area contributed by atoms with Crippen molar-refractivity contribution < 1.29 is 4.79 Å². The Morgan fingerprint density at radius 2 is 2.05 bits per heavy atom. The lowest BCUT2D eigenvalue weighted by atomic mass is 10.2. The Balaban J connectivity index is 1.81. The van der Waals surface area contributed by atoms with E-state index in [4.69, 9.17) is 0 Å². The molecule has 1 aromatic heterocycles. The summed E-state index contributed by atoms with van der Waals surface area (Å²) in [5.41, 5.74) is 1.00. The van der Waals surface area contributed by atoms with Gasteiger partial charge in [-0.15, -0.1) is 0 Å². The van der Waals surface area contributed by atoms with Crippen LogP contribution in [-0.2, 0) is 17.9 Å². The summed E-state index contributed by atoms with van der Waals surface area (Å²) in [5, 5.41) is 3.32. The van der Waals surface area contributed by atoms with Crippen molar-refractivity contribution in [2.24, 2.45) is 0 Å². The largest absolute Gasteiger partial charge is 0.341 e. The zero-order valence-electron chi connectivity index (χ0n) is 12.5. The van der Waals surface area contributed by atoms with Crippen molar-refractivity contribution in [3.05, 3.63) is 18.2 Å². The third kappa shape index (κ3) is 4.63. The molecule has 1 fully saturated rings. The smallest absolute Gasteiger partial charge is 0.242 e. The van der Waals surface area contributed by atoms with Crippen LogP contribution in [0, 0.1) is 0 Å². The van der Waals surface area contributed by atoms with E-state index in [9.17, 15) is 4.79 Å². The maximum absolute atomic E-state index is 12.3. The molecular weight excluding hydrogens is 252 g/mol. The molecule has 1 N–H and O–H groups in total. The molecule has 1 amide bonds. The van der Waals surface area contributed by atoms with Crippen LogP contribution in [-0.4, -0.2) is 40.0 Å². The number of nitrogens with zero attached hydrogens (tertiary/aromatic N) is 3. The van der Waals surface area contributed by atoms with E-state index in [1.165, 1.54) is 12.8 Å². The number of rotatable bonds is 6. The first-order valence-corrected chi connectivity index (χ1v) is 7.78. The van der Waals surface area contributed by atoms with Gasteiger partial charge in [-0.25, -0.2) is 4.98 Å². The summed E-state index contributed by atoms with van der Waals surface area (Å²) in [6.07, 6.45) is 9.64. The molecule has 0 saturated carbocycles. The number of carbonyl (C=O) groups is 1. The Morgan fingerprint density at radius 1 is 1.30 bits per heavy atom. The van der Waals surface area contributed by atoms with Gasteiger partial charge in [0, 0.05) is 25.8 Å². The highest BCUT2D eigenvalue weighted by Crippen LogP contribution is 2.10. The molecule has 1 aliphatic heterocycles. The molecule has 0 unspecified atom stereocenters. The van der Waals surface area contributed by atoms with E-state index >= 15 is 0 Å². The second-order valence-corrected chi connectivity index (χ2v) is 5.51. The molecule has 2 heterocycles. The Kier molecular flexibility index (Phi) is 6.05. The van der Waals surface area contributed by atoms with Crippen molar-refractivity contribution in [1.29, 1.82) is 0 Å². The summed E-state index contributed by atoms with van der Waals surface area (Å²) in [6, 6.07) is 0. The number of aromatic nitrogens is 2. The molecule has 0 atom stereocenters. The fourth-order valence-electron chi connectivity index (χ4n) is 2.55. The summed E-state index contributed by atoms with van der Waals surface area (Å²) in [4.78, 5) is 18.6. The maximum Gasteiger partial charge on any atom is 0.242 e. The zero-order chi connectivity index (χ0) is 14.2. The summed E-state index contributed by atoms with van der Waals surface area (Å²) >= 11 is 0. The van der Waals surface area contributed by atoms with Gasteiger partial charge in [0.2, 0.25) is 5.91 Å². The van der Waals surface area contributed by atoms with E-state index in [2.05, 4.69) is 17.2 Å². The zero-order valence-corrected chi connectivity index (χ0v) is 12.5. The molecule has 5 nitrogen and oxygen atoms in total. The van der Waals surface area contributed by atoms with Crippen molar-refractivity contribution >= 4 is 5.91 Å². The van der Waals surface area contributed by atoms with Gasteiger partial charge in [0.15, 0.2) is 0 Å². The lowest BCUT2D eigenvalue weighted by Crippen LogP contribution is -2.34. The lowest BCUT2D eigenvalue weighted by Gasteiger charge is -2.20. The van der Waals surface area contributed by atoms with Crippen LogP contribution in [0.25, 0.3) is 0 Å². The van der Waals surface area contributed by atoms with Gasteiger partial charge in [-0.05, 0) is 25.8 Å². The topological polar surface area (TPSA) is 50.2 Å². The molecule has 1 aromatic rings. The second kappa shape index (κ2) is 8.04. The fraction of sp³-hybridized carbons (Fsp3) is 0.733. The summed E-state index contributed by atoms with van der Waals surface area (Å²) in [7, 11) is 0. The molecule has 5 heteroatoms. The number of nitrogens with one attached hydrogen (secondary N) is 1. The fourth-order valence-corrected chi connectivity index (χ4v) is 2.55. The molecular formula is C15H26N4O. The predicted octanol–water partition coefficient (Wildman–Crippen LogP) is 1.79. The van der Waals surface area contributed by atoms with E-state index in [1.54, 1.807) is 6.33 Å². The number of hydrogen-bond donors (Lipinski definition) is 1. The Labute approximate surface area is 121 Å². The molecule has 20 heavy (non-hydrogen) atoms. The quantitative estimate of drug-likeness (QED) is 0.807. The molecule has 112 valence electrons. The normalized spacial score (nSPS) is 16.1. The first-order valence-electron chi connectivity index (χ1n) is 7.78. The van der Waals surface area contributed by atoms with Crippen molar-refractivity contribution in [2.45, 2.75) is 52.1 Å². The minimum absolute atomic E-state index is 0.220. The molecule has 1 saturated heterocycles. The average molecular weight is 278 g/mol. The van der Waals surface area contributed by atoms with E-state index in [-0.39, 0.29) is 5.91 Å². The number of amides is 1. The van der Waals surface area contributed by atoms with Gasteiger partial charge in [0.25, 0.3) is 0 Å². The van der Waals surface area contributed by atoms with Gasteiger partial charge in [-0.2, -0.15) is 0 Å². The van der Waals surface area contributed by atoms with Crippen LogP contribution >= 0.6 is 0 Å². The SMILES string of the molecule is CCCNCc1cn(CC(=O)N2CCCCCC2)cn1. The third-order valence-corrected chi connectivity index (χ3v) is 3.70. The monoisotopic (exact) mass is 278 g/mol. The summed E-state index contributed by atoms with van der Waals surface area (Å²) in [5.74, 6) is 0.220. The van der Waals surface area contributed by atoms with Gasteiger partial charge in [-0.1, -0.05) is 19.8 Å². The van der Waals surface area contributed by atoms with Crippen LogP contribution in [0.15, 0.2) is 12.5 Å². The molecule has 2 rings (SSSR count). The van der Waals surface area contributed by atoms with Crippen molar-refractivity contribution in [2.75, 3.05) is 19.6 Å². The highest BCUT2D eigenvalue weighted by molar-refractivity contribution is 5.76. The van der Waals surface area contributed by atoms with Gasteiger partial charge >= 0.3 is 0 Å². The molecule has 0 aromatic carbocycles. The predicted molar refractivity (Wildman–Crippen MR) is 79.3 cm³/mol. The Bertz CT molecular complexity index is 408. The van der Waals surface area contributed by atoms with Crippen molar-refractivity contribution in [3.63, 3.8) is 0 Å². The highest BCUT2D eigenvalue weighted by atomic mass is 16.2. The maximum atomic E-state index is 12.3. The van der Waals surface area contributed by atoms with Crippen molar-refractivity contribution in [1.82, 2.24) is 19.8 Å². The minimum Gasteiger partial charge on any atom is -0.341 e. The lowest BCUT2D eigenvalue weighted by molar-refractivity contribution is -0.131. The number of imidazole rings is 1. The van der Waals surface area contributed by atoms with Gasteiger partial charge in [0.1, 0.15) is 6.54 Å². The highest BCUT2D eigenvalue weighted by Gasteiger charge is 2.15. The van der Waals surface area contributed by atoms with E-state index in [0.717, 1.165) is 51.1 Å². The Morgan fingerprint density at radius 3 is 2.75 bits per heavy atom. The van der Waals surface area contributed by atoms with Crippen LogP contribution in [0.3, 0.4) is 0 Å². The molecule has 1 aliphatic rings. The van der Waals surface area contributed by atoms with Crippen LogP contribution in [0.1, 0.15) is 44.7 Å². The first kappa shape index (κ1) is 15.0. The minimum atomic E-state index is 0.220. The van der Waals surface area contributed by atoms with E-state index in [0.29, 0.717) is 6.54 Å². The number of hydrogen-bond acceptors (Lipinski definition) is 3. The molecule has 0 spiro atoms. The molecule has 0 radical (unpaired) electrons. The third-order valence-electron chi connectivity index (χ3n) is 3.70. The first-order chi connectivity index (χ1) is 9.79. The van der Waals surface area contributed by atoms with Crippen LogP contribution in [0.4, 0.5) is 0 Å². The molecule has 0 bridgehead atoms. The number of carbonyl (C=O) groups excluding carboxylic acids is 1. The standard InChI is InChI=1S/C15H26N4O/c1-2-7-16-10-14-11-18(13-17-14)12-15(20)19-8-5-3-4-6-9-19/h11,13,16H,2-10,12H2,1H3. The van der Waals surface area contributed by atoms with Gasteiger partial charge in [0.05, 0.1) is 12.0 Å². The molecule has 0 aliphatic carbocycles. The van der Waals surface area contributed by atoms with Crippen LogP contribution < -0.4 is 5.32 Å². The Hall–Kier alpha value is -1.36. The summed E-state index contributed by atoms with van der Waals surface area (Å²) in [6.45, 7) is 6.17. The van der Waals surface area contributed by atoms with E-state index < -0.39 is 0 Å². The van der Waals surface area contributed by atoms with Crippen molar-refractivity contribution in [3.8, 4) is 0 Å². The van der Waals surface area contributed by atoms with Gasteiger partial charge < -0.3 is 14.8 Å². The van der Waals surface area contributed by atoms with Crippen LogP contribution in [0.5, 0.6) is 0 Å². The average Bonchev–Trinajstić information content (AvgIpc) is 2.72. The number of likely N-dealkylation sites (tertiary alicyclic amines) is 1. The van der Waals surface area contributed by atoms with Crippen LogP contribution in [0.2, 0.25) is 0 Å². The summed E-state index contributed by atoms with van der Waals surface area (Å²) < 4.78 is 1.90.